The third kappa shape index (κ3) is 3.69. The van der Waals surface area contributed by atoms with Crippen molar-refractivity contribution in [2.45, 2.75) is 0 Å². The maximum Gasteiger partial charge on any atom is 0.295 e. The largest absolute Gasteiger partial charge is 0.317 e. The van der Waals surface area contributed by atoms with Crippen molar-refractivity contribution >= 4 is 34.0 Å². The number of hydrogen-bond donors (Lipinski definition) is 2. The molecule has 10 nitrogen and oxygen atoms in total. The maximum absolute atomic E-state index is 13.3. The van der Waals surface area contributed by atoms with Gasteiger partial charge in [-0.15, -0.1) is 16.4 Å². The minimum Gasteiger partial charge on any atom is -0.317 e. The standard InChI is InChI=1S/C24H16N8O2S/c33-23-16-13-27-32(21(16)25-14-26-23)18-10-5-4-9-17(18)28-24(34)20-29-22(19-11-6-12-35-19)31(30-20)15-7-2-1-3-8-15/h1-14H,(H,28,34)(H,25,26,33). The number of hydrogen-bond acceptors (Lipinski definition) is 7. The van der Waals surface area contributed by atoms with Crippen molar-refractivity contribution in [1.29, 1.82) is 0 Å². The minimum atomic E-state index is -0.479. The molecule has 0 aliphatic carbocycles. The van der Waals surface area contributed by atoms with Gasteiger partial charge in [-0.2, -0.15) is 5.10 Å². The normalized spacial score (nSPS) is 11.1. The first-order valence-corrected chi connectivity index (χ1v) is 11.5. The van der Waals surface area contributed by atoms with Gasteiger partial charge in [0.1, 0.15) is 5.39 Å². The summed E-state index contributed by atoms with van der Waals surface area (Å²) in [6.45, 7) is 0. The number of anilines is 1. The zero-order valence-electron chi connectivity index (χ0n) is 18.0. The lowest BCUT2D eigenvalue weighted by Crippen LogP contribution is -2.16. The lowest BCUT2D eigenvalue weighted by molar-refractivity contribution is 0.101. The Morgan fingerprint density at radius 1 is 0.971 bits per heavy atom. The van der Waals surface area contributed by atoms with Crippen LogP contribution in [-0.2, 0) is 0 Å². The molecule has 4 heterocycles. The first kappa shape index (κ1) is 20.7. The Morgan fingerprint density at radius 2 is 1.80 bits per heavy atom. The van der Waals surface area contributed by atoms with Crippen molar-refractivity contribution in [1.82, 2.24) is 34.5 Å². The number of nitrogens with one attached hydrogen (secondary N) is 2. The van der Waals surface area contributed by atoms with E-state index in [0.717, 1.165) is 10.6 Å². The quantitative estimate of drug-likeness (QED) is 0.388. The molecule has 0 atom stereocenters. The second-order valence-electron chi connectivity index (χ2n) is 7.48. The molecule has 170 valence electrons. The Kier molecular flexibility index (Phi) is 5.00. The summed E-state index contributed by atoms with van der Waals surface area (Å²) in [5, 5.41) is 14.0. The first-order chi connectivity index (χ1) is 17.2. The lowest BCUT2D eigenvalue weighted by atomic mass is 10.2. The van der Waals surface area contributed by atoms with Crippen molar-refractivity contribution in [3.05, 3.63) is 101 Å². The number of carbonyl (C=O) groups excluding carboxylic acids is 1. The molecule has 0 aliphatic heterocycles. The maximum atomic E-state index is 13.3. The van der Waals surface area contributed by atoms with Gasteiger partial charge in [-0.05, 0) is 35.7 Å². The molecule has 6 aromatic rings. The Labute approximate surface area is 201 Å². The molecular formula is C24H16N8O2S. The smallest absolute Gasteiger partial charge is 0.295 e. The number of fused-ring (bicyclic) bond motifs is 1. The Bertz CT molecular complexity index is 1720. The number of nitrogens with zero attached hydrogens (tertiary/aromatic N) is 6. The average molecular weight is 481 g/mol. The van der Waals surface area contributed by atoms with Gasteiger partial charge in [0.15, 0.2) is 11.5 Å². The van der Waals surface area contributed by atoms with E-state index in [1.54, 1.807) is 22.9 Å². The molecule has 35 heavy (non-hydrogen) atoms. The van der Waals surface area contributed by atoms with Gasteiger partial charge in [-0.1, -0.05) is 36.4 Å². The lowest BCUT2D eigenvalue weighted by Gasteiger charge is -2.10. The van der Waals surface area contributed by atoms with E-state index < -0.39 is 5.91 Å². The summed E-state index contributed by atoms with van der Waals surface area (Å²) >= 11 is 1.52. The van der Waals surface area contributed by atoms with Crippen LogP contribution in [0.2, 0.25) is 0 Å². The van der Waals surface area contributed by atoms with E-state index in [0.29, 0.717) is 28.2 Å². The number of aromatic amines is 1. The van der Waals surface area contributed by atoms with E-state index in [4.69, 9.17) is 0 Å². The molecular weight excluding hydrogens is 464 g/mol. The van der Waals surface area contributed by atoms with E-state index in [9.17, 15) is 9.59 Å². The van der Waals surface area contributed by atoms with E-state index in [2.05, 4.69) is 30.5 Å². The predicted molar refractivity (Wildman–Crippen MR) is 132 cm³/mol. The fourth-order valence-corrected chi connectivity index (χ4v) is 4.40. The molecule has 2 N–H and O–H groups in total. The summed E-state index contributed by atoms with van der Waals surface area (Å²) in [5.74, 6) is 0.116. The van der Waals surface area contributed by atoms with Crippen LogP contribution in [0.3, 0.4) is 0 Å². The molecule has 11 heteroatoms. The molecule has 6 rings (SSSR count). The average Bonchev–Trinajstić information content (AvgIpc) is 3.65. The number of carbonyl (C=O) groups is 1. The fourth-order valence-electron chi connectivity index (χ4n) is 3.70. The van der Waals surface area contributed by atoms with Gasteiger partial charge in [0.05, 0.1) is 34.5 Å². The van der Waals surface area contributed by atoms with E-state index >= 15 is 0 Å². The Hall–Kier alpha value is -4.90. The number of aromatic nitrogens is 7. The van der Waals surface area contributed by atoms with Gasteiger partial charge in [0, 0.05) is 0 Å². The summed E-state index contributed by atoms with van der Waals surface area (Å²) < 4.78 is 3.16. The van der Waals surface area contributed by atoms with Crippen LogP contribution in [0.15, 0.2) is 89.4 Å². The Balaban J connectivity index is 1.39. The summed E-state index contributed by atoms with van der Waals surface area (Å²) in [5.41, 5.74) is 1.90. The summed E-state index contributed by atoms with van der Waals surface area (Å²) in [6.07, 6.45) is 2.76. The van der Waals surface area contributed by atoms with Crippen LogP contribution >= 0.6 is 11.3 Å². The molecule has 0 aliphatic rings. The SMILES string of the molecule is O=C(Nc1ccccc1-n1ncc2c(=O)[nH]cnc21)c1nc(-c2cccs2)n(-c2ccccc2)n1. The van der Waals surface area contributed by atoms with E-state index in [1.165, 1.54) is 28.5 Å². The van der Waals surface area contributed by atoms with E-state index in [-0.39, 0.29) is 11.4 Å². The number of para-hydroxylation sites is 3. The van der Waals surface area contributed by atoms with Gasteiger partial charge >= 0.3 is 0 Å². The van der Waals surface area contributed by atoms with Gasteiger partial charge in [0.25, 0.3) is 11.5 Å². The molecule has 0 saturated carbocycles. The highest BCUT2D eigenvalue weighted by atomic mass is 32.1. The van der Waals surface area contributed by atoms with Crippen LogP contribution in [0, 0.1) is 0 Å². The molecule has 1 amide bonds. The molecule has 0 saturated heterocycles. The third-order valence-electron chi connectivity index (χ3n) is 5.30. The van der Waals surface area contributed by atoms with Crippen LogP contribution in [0.25, 0.3) is 33.1 Å². The first-order valence-electron chi connectivity index (χ1n) is 10.6. The second-order valence-corrected chi connectivity index (χ2v) is 8.43. The molecule has 0 fully saturated rings. The van der Waals surface area contributed by atoms with Gasteiger partial charge in [0.2, 0.25) is 5.82 Å². The second kappa shape index (κ2) is 8.47. The van der Waals surface area contributed by atoms with Crippen molar-refractivity contribution < 1.29 is 4.79 Å². The van der Waals surface area contributed by atoms with Gasteiger partial charge < -0.3 is 10.3 Å². The van der Waals surface area contributed by atoms with Crippen molar-refractivity contribution in [3.8, 4) is 22.1 Å². The van der Waals surface area contributed by atoms with Crippen LogP contribution in [0.1, 0.15) is 10.6 Å². The number of rotatable bonds is 5. The van der Waals surface area contributed by atoms with Gasteiger partial charge in [-0.25, -0.2) is 19.3 Å². The van der Waals surface area contributed by atoms with Crippen molar-refractivity contribution in [2.75, 3.05) is 5.32 Å². The summed E-state index contributed by atoms with van der Waals surface area (Å²) in [7, 11) is 0. The van der Waals surface area contributed by atoms with Crippen LogP contribution in [0.4, 0.5) is 5.69 Å². The molecule has 0 unspecified atom stereocenters. The molecule has 0 bridgehead atoms. The molecule has 0 radical (unpaired) electrons. The summed E-state index contributed by atoms with van der Waals surface area (Å²) in [6, 6.07) is 20.5. The highest BCUT2D eigenvalue weighted by Gasteiger charge is 2.21. The minimum absolute atomic E-state index is 0.0203. The predicted octanol–water partition coefficient (Wildman–Crippen LogP) is 3.67. The molecule has 2 aromatic carbocycles. The molecule has 4 aromatic heterocycles. The number of benzene rings is 2. The highest BCUT2D eigenvalue weighted by Crippen LogP contribution is 2.27. The van der Waals surface area contributed by atoms with Crippen molar-refractivity contribution in [2.24, 2.45) is 0 Å². The topological polar surface area (TPSA) is 123 Å². The monoisotopic (exact) mass is 480 g/mol. The van der Waals surface area contributed by atoms with Crippen molar-refractivity contribution in [3.63, 3.8) is 0 Å². The van der Waals surface area contributed by atoms with Gasteiger partial charge in [-0.3, -0.25) is 9.59 Å². The Morgan fingerprint density at radius 3 is 2.63 bits per heavy atom. The fraction of sp³-hybridized carbons (Fsp3) is 0. The number of H-pyrrole nitrogens is 1. The zero-order valence-corrected chi connectivity index (χ0v) is 18.8. The number of thiophene rings is 1. The van der Waals surface area contributed by atoms with Crippen LogP contribution < -0.4 is 10.9 Å². The van der Waals surface area contributed by atoms with Crippen LogP contribution in [0.5, 0.6) is 0 Å². The zero-order chi connectivity index (χ0) is 23.8. The highest BCUT2D eigenvalue weighted by molar-refractivity contribution is 7.13. The van der Waals surface area contributed by atoms with E-state index in [1.807, 2.05) is 53.9 Å². The number of amides is 1. The third-order valence-corrected chi connectivity index (χ3v) is 6.17. The van der Waals surface area contributed by atoms with Crippen LogP contribution in [-0.4, -0.2) is 40.4 Å². The summed E-state index contributed by atoms with van der Waals surface area (Å²) in [4.78, 5) is 37.6. The molecule has 0 spiro atoms.